The SMILES string of the molecule is C=C(C)COCCNC(C)c1cc(Br)cs1. The number of hydrogen-bond acceptors (Lipinski definition) is 3. The highest BCUT2D eigenvalue weighted by molar-refractivity contribution is 9.10. The minimum absolute atomic E-state index is 0.379. The normalized spacial score (nSPS) is 12.7. The Morgan fingerprint density at radius 1 is 1.69 bits per heavy atom. The number of ether oxygens (including phenoxy) is 1. The predicted molar refractivity (Wildman–Crippen MR) is 74.1 cm³/mol. The van der Waals surface area contributed by atoms with Crippen molar-refractivity contribution in [2.45, 2.75) is 19.9 Å². The molecule has 0 saturated carbocycles. The van der Waals surface area contributed by atoms with E-state index in [0.717, 1.165) is 23.2 Å². The van der Waals surface area contributed by atoms with Crippen LogP contribution in [0.15, 0.2) is 28.1 Å². The molecule has 1 heterocycles. The topological polar surface area (TPSA) is 21.3 Å². The molecule has 0 aliphatic rings. The van der Waals surface area contributed by atoms with E-state index >= 15 is 0 Å². The zero-order valence-electron chi connectivity index (χ0n) is 9.75. The maximum absolute atomic E-state index is 5.42. The summed E-state index contributed by atoms with van der Waals surface area (Å²) in [6.45, 7) is 10.2. The third-order valence-electron chi connectivity index (χ3n) is 2.06. The second kappa shape index (κ2) is 7.22. The van der Waals surface area contributed by atoms with Crippen LogP contribution in [0, 0.1) is 0 Å². The second-order valence-electron chi connectivity index (χ2n) is 3.85. The Kier molecular flexibility index (Phi) is 6.28. The lowest BCUT2D eigenvalue weighted by Crippen LogP contribution is -2.22. The Balaban J connectivity index is 2.15. The Morgan fingerprint density at radius 2 is 2.44 bits per heavy atom. The minimum Gasteiger partial charge on any atom is -0.376 e. The highest BCUT2D eigenvalue weighted by Gasteiger charge is 2.06. The van der Waals surface area contributed by atoms with Crippen LogP contribution in [0.2, 0.25) is 0 Å². The van der Waals surface area contributed by atoms with Crippen LogP contribution in [0.25, 0.3) is 0 Å². The summed E-state index contributed by atoms with van der Waals surface area (Å²) in [5, 5.41) is 5.52. The highest BCUT2D eigenvalue weighted by atomic mass is 79.9. The van der Waals surface area contributed by atoms with Crippen LogP contribution < -0.4 is 5.32 Å². The van der Waals surface area contributed by atoms with E-state index in [9.17, 15) is 0 Å². The zero-order valence-corrected chi connectivity index (χ0v) is 12.2. The van der Waals surface area contributed by atoms with Gasteiger partial charge in [-0.05, 0) is 35.8 Å². The first-order chi connectivity index (χ1) is 7.59. The van der Waals surface area contributed by atoms with Gasteiger partial charge in [0.2, 0.25) is 0 Å². The van der Waals surface area contributed by atoms with Crippen LogP contribution in [0.5, 0.6) is 0 Å². The van der Waals surface area contributed by atoms with Crippen molar-refractivity contribution in [1.82, 2.24) is 5.32 Å². The molecule has 0 aromatic carbocycles. The van der Waals surface area contributed by atoms with Crippen molar-refractivity contribution in [3.63, 3.8) is 0 Å². The van der Waals surface area contributed by atoms with E-state index in [1.165, 1.54) is 4.88 Å². The van der Waals surface area contributed by atoms with E-state index in [4.69, 9.17) is 4.74 Å². The molecule has 4 heteroatoms. The summed E-state index contributed by atoms with van der Waals surface area (Å²) in [4.78, 5) is 1.34. The van der Waals surface area contributed by atoms with Gasteiger partial charge >= 0.3 is 0 Å². The summed E-state index contributed by atoms with van der Waals surface area (Å²) in [6.07, 6.45) is 0. The van der Waals surface area contributed by atoms with Crippen LogP contribution in [0.4, 0.5) is 0 Å². The van der Waals surface area contributed by atoms with Crippen molar-refractivity contribution in [3.05, 3.63) is 32.9 Å². The lowest BCUT2D eigenvalue weighted by atomic mass is 10.3. The van der Waals surface area contributed by atoms with E-state index < -0.39 is 0 Å². The summed E-state index contributed by atoms with van der Waals surface area (Å²) in [6, 6.07) is 2.53. The molecule has 1 aromatic heterocycles. The van der Waals surface area contributed by atoms with Crippen LogP contribution in [-0.4, -0.2) is 19.8 Å². The van der Waals surface area contributed by atoms with E-state index in [1.807, 2.05) is 6.92 Å². The largest absolute Gasteiger partial charge is 0.376 e. The number of hydrogen-bond donors (Lipinski definition) is 1. The fourth-order valence-corrected chi connectivity index (χ4v) is 2.73. The fourth-order valence-electron chi connectivity index (χ4n) is 1.25. The monoisotopic (exact) mass is 303 g/mol. The third kappa shape index (κ3) is 5.25. The molecule has 1 rings (SSSR count). The smallest absolute Gasteiger partial charge is 0.0672 e. The van der Waals surface area contributed by atoms with Crippen LogP contribution in [0.3, 0.4) is 0 Å². The van der Waals surface area contributed by atoms with Gasteiger partial charge in [-0.1, -0.05) is 12.2 Å². The molecule has 16 heavy (non-hydrogen) atoms. The molecule has 0 aliphatic heterocycles. The lowest BCUT2D eigenvalue weighted by Gasteiger charge is -2.12. The van der Waals surface area contributed by atoms with Gasteiger partial charge in [0.1, 0.15) is 0 Å². The molecule has 2 nitrogen and oxygen atoms in total. The van der Waals surface area contributed by atoms with Crippen molar-refractivity contribution in [2.75, 3.05) is 19.8 Å². The van der Waals surface area contributed by atoms with E-state index in [2.05, 4.69) is 46.2 Å². The number of rotatable bonds is 7. The molecular formula is C12H18BrNOS. The molecule has 0 bridgehead atoms. The molecule has 0 spiro atoms. The van der Waals surface area contributed by atoms with Crippen LogP contribution in [0.1, 0.15) is 24.8 Å². The summed E-state index contributed by atoms with van der Waals surface area (Å²) in [5.41, 5.74) is 1.07. The van der Waals surface area contributed by atoms with Gasteiger partial charge in [-0.2, -0.15) is 0 Å². The van der Waals surface area contributed by atoms with Gasteiger partial charge < -0.3 is 10.1 Å². The standard InChI is InChI=1S/C12H18BrNOS/c1-9(2)7-15-5-4-14-10(3)12-6-11(13)8-16-12/h6,8,10,14H,1,4-5,7H2,2-3H3. The number of halogens is 1. The van der Waals surface area contributed by atoms with Crippen molar-refractivity contribution in [3.8, 4) is 0 Å². The second-order valence-corrected chi connectivity index (χ2v) is 5.71. The quantitative estimate of drug-likeness (QED) is 0.612. The zero-order chi connectivity index (χ0) is 12.0. The Morgan fingerprint density at radius 3 is 3.00 bits per heavy atom. The molecule has 0 radical (unpaired) electrons. The van der Waals surface area contributed by atoms with Gasteiger partial charge in [0.25, 0.3) is 0 Å². The molecule has 1 atom stereocenters. The van der Waals surface area contributed by atoms with Crippen molar-refractivity contribution < 1.29 is 4.74 Å². The minimum atomic E-state index is 0.379. The third-order valence-corrected chi connectivity index (χ3v) is 3.94. The first-order valence-corrected chi connectivity index (χ1v) is 6.96. The van der Waals surface area contributed by atoms with Gasteiger partial charge in [0.15, 0.2) is 0 Å². The molecule has 90 valence electrons. The lowest BCUT2D eigenvalue weighted by molar-refractivity contribution is 0.156. The summed E-state index contributed by atoms with van der Waals surface area (Å²) in [5.74, 6) is 0. The fraction of sp³-hybridized carbons (Fsp3) is 0.500. The molecule has 0 fully saturated rings. The molecular weight excluding hydrogens is 286 g/mol. The molecule has 1 aromatic rings. The number of thiophene rings is 1. The van der Waals surface area contributed by atoms with Gasteiger partial charge in [-0.25, -0.2) is 0 Å². The maximum atomic E-state index is 5.42. The van der Waals surface area contributed by atoms with Crippen molar-refractivity contribution >= 4 is 27.3 Å². The average molecular weight is 304 g/mol. The van der Waals surface area contributed by atoms with Gasteiger partial charge in [0.05, 0.1) is 13.2 Å². The molecule has 0 amide bonds. The first-order valence-electron chi connectivity index (χ1n) is 5.29. The van der Waals surface area contributed by atoms with E-state index in [0.29, 0.717) is 12.6 Å². The molecule has 0 saturated heterocycles. The Labute approximate surface area is 110 Å². The van der Waals surface area contributed by atoms with Gasteiger partial charge in [-0.15, -0.1) is 11.3 Å². The summed E-state index contributed by atoms with van der Waals surface area (Å²) in [7, 11) is 0. The Hall–Kier alpha value is -0.160. The first kappa shape index (κ1) is 13.9. The van der Waals surface area contributed by atoms with Gasteiger partial charge in [0, 0.05) is 27.3 Å². The molecule has 1 unspecified atom stereocenters. The molecule has 1 N–H and O–H groups in total. The molecule has 0 aliphatic carbocycles. The van der Waals surface area contributed by atoms with Crippen LogP contribution >= 0.6 is 27.3 Å². The Bertz CT molecular complexity index is 338. The van der Waals surface area contributed by atoms with Crippen molar-refractivity contribution in [1.29, 1.82) is 0 Å². The number of nitrogens with one attached hydrogen (secondary N) is 1. The van der Waals surface area contributed by atoms with Gasteiger partial charge in [-0.3, -0.25) is 0 Å². The van der Waals surface area contributed by atoms with Crippen molar-refractivity contribution in [2.24, 2.45) is 0 Å². The van der Waals surface area contributed by atoms with E-state index in [1.54, 1.807) is 11.3 Å². The highest BCUT2D eigenvalue weighted by Crippen LogP contribution is 2.24. The summed E-state index contributed by atoms with van der Waals surface area (Å²) >= 11 is 5.22. The predicted octanol–water partition coefficient (Wildman–Crippen LogP) is 3.75. The average Bonchev–Trinajstić information content (AvgIpc) is 2.63. The van der Waals surface area contributed by atoms with E-state index in [-0.39, 0.29) is 0 Å². The van der Waals surface area contributed by atoms with Crippen LogP contribution in [-0.2, 0) is 4.74 Å². The summed E-state index contributed by atoms with van der Waals surface area (Å²) < 4.78 is 6.57. The maximum Gasteiger partial charge on any atom is 0.0672 e.